The fourth-order valence-electron chi connectivity index (χ4n) is 4.47. The highest BCUT2D eigenvalue weighted by Crippen LogP contribution is 2.41. The molecule has 1 aliphatic rings. The molecule has 9 heteroatoms. The van der Waals surface area contributed by atoms with E-state index in [2.05, 4.69) is 37.2 Å². The van der Waals surface area contributed by atoms with E-state index in [9.17, 15) is 14.4 Å². The molecule has 0 saturated carbocycles. The van der Waals surface area contributed by atoms with Crippen LogP contribution < -0.4 is 15.0 Å². The summed E-state index contributed by atoms with van der Waals surface area (Å²) in [7, 11) is 1.58. The first kappa shape index (κ1) is 27.9. The van der Waals surface area contributed by atoms with Gasteiger partial charge in [0.25, 0.3) is 5.91 Å². The van der Waals surface area contributed by atoms with E-state index in [4.69, 9.17) is 9.47 Å². The molecule has 3 atom stereocenters. The zero-order valence-electron chi connectivity index (χ0n) is 21.2. The monoisotopic (exact) mass is 642 g/mol. The maximum atomic E-state index is 13.5. The van der Waals surface area contributed by atoms with Crippen molar-refractivity contribution in [1.29, 1.82) is 0 Å². The van der Waals surface area contributed by atoms with E-state index in [-0.39, 0.29) is 12.3 Å². The second kappa shape index (κ2) is 12.1. The normalized spacial score (nSPS) is 18.0. The molecule has 2 amide bonds. The van der Waals surface area contributed by atoms with Gasteiger partial charge in [-0.05, 0) is 84.2 Å². The van der Waals surface area contributed by atoms with Gasteiger partial charge in [0.1, 0.15) is 5.75 Å². The lowest BCUT2D eigenvalue weighted by Crippen LogP contribution is -2.47. The maximum Gasteiger partial charge on any atom is 0.312 e. The highest BCUT2D eigenvalue weighted by Gasteiger charge is 2.43. The summed E-state index contributed by atoms with van der Waals surface area (Å²) < 4.78 is 12.5. The Morgan fingerprint density at radius 1 is 1.03 bits per heavy atom. The lowest BCUT2D eigenvalue weighted by molar-refractivity contribution is -0.159. The molecular weight excluding hydrogens is 616 g/mol. The van der Waals surface area contributed by atoms with Crippen molar-refractivity contribution in [3.8, 4) is 5.75 Å². The number of hydrogen-bond acceptors (Lipinski definition) is 5. The average Bonchev–Trinajstić information content (AvgIpc) is 2.90. The maximum absolute atomic E-state index is 13.5. The van der Waals surface area contributed by atoms with Gasteiger partial charge in [0.15, 0.2) is 6.10 Å². The number of amides is 2. The quantitative estimate of drug-likeness (QED) is 0.294. The number of aryl methyl sites for hydroxylation is 1. The summed E-state index contributed by atoms with van der Waals surface area (Å²) in [5.74, 6) is -1.07. The van der Waals surface area contributed by atoms with Gasteiger partial charge >= 0.3 is 5.97 Å². The zero-order valence-corrected chi connectivity index (χ0v) is 24.4. The smallest absolute Gasteiger partial charge is 0.312 e. The number of rotatable bonds is 7. The van der Waals surface area contributed by atoms with E-state index in [1.54, 1.807) is 36.3 Å². The van der Waals surface area contributed by atoms with Crippen molar-refractivity contribution in [2.75, 3.05) is 17.3 Å². The predicted octanol–water partition coefficient (Wildman–Crippen LogP) is 6.58. The van der Waals surface area contributed by atoms with Crippen LogP contribution in [0.4, 0.5) is 11.4 Å². The van der Waals surface area contributed by atoms with Gasteiger partial charge in [-0.15, -0.1) is 0 Å². The van der Waals surface area contributed by atoms with Gasteiger partial charge in [0.2, 0.25) is 5.91 Å². The number of hydrogen-bond donors (Lipinski definition) is 1. The van der Waals surface area contributed by atoms with Crippen molar-refractivity contribution < 1.29 is 23.9 Å². The third-order valence-electron chi connectivity index (χ3n) is 6.52. The van der Waals surface area contributed by atoms with Crippen LogP contribution in [-0.4, -0.2) is 31.0 Å². The Kier molecular flexibility index (Phi) is 8.89. The molecule has 1 N–H and O–H groups in total. The molecule has 1 heterocycles. The minimum absolute atomic E-state index is 0.0791. The number of halogens is 2. The van der Waals surface area contributed by atoms with Crippen molar-refractivity contribution in [3.05, 3.63) is 86.8 Å². The van der Waals surface area contributed by atoms with E-state index in [1.807, 2.05) is 49.4 Å². The van der Waals surface area contributed by atoms with Crippen LogP contribution in [0, 0.1) is 12.8 Å². The fraction of sp³-hybridized carbons (Fsp3) is 0.276. The van der Waals surface area contributed by atoms with Gasteiger partial charge in [-0.1, -0.05) is 45.8 Å². The van der Waals surface area contributed by atoms with Gasteiger partial charge in [0.05, 0.1) is 24.8 Å². The molecule has 0 aliphatic carbocycles. The van der Waals surface area contributed by atoms with Crippen LogP contribution in [0.15, 0.2) is 75.7 Å². The highest BCUT2D eigenvalue weighted by molar-refractivity contribution is 9.11. The number of nitrogens with zero attached hydrogens (tertiary/aromatic N) is 1. The topological polar surface area (TPSA) is 84.9 Å². The minimum atomic E-state index is -1.04. The molecule has 3 unspecified atom stereocenters. The molecule has 3 aromatic carbocycles. The summed E-state index contributed by atoms with van der Waals surface area (Å²) in [5, 5.41) is 2.79. The van der Waals surface area contributed by atoms with E-state index in [0.29, 0.717) is 28.0 Å². The molecule has 0 radical (unpaired) electrons. The van der Waals surface area contributed by atoms with Crippen molar-refractivity contribution in [1.82, 2.24) is 0 Å². The lowest BCUT2D eigenvalue weighted by atomic mass is 9.83. The summed E-state index contributed by atoms with van der Waals surface area (Å²) in [6.45, 7) is 3.51. The number of ether oxygens (including phenoxy) is 2. The van der Waals surface area contributed by atoms with Crippen molar-refractivity contribution >= 4 is 61.0 Å². The second-order valence-electron chi connectivity index (χ2n) is 9.15. The first-order chi connectivity index (χ1) is 18.2. The molecule has 198 valence electrons. The number of anilines is 2. The summed E-state index contributed by atoms with van der Waals surface area (Å²) in [5.41, 5.74) is 3.10. The average molecular weight is 644 g/mol. The Morgan fingerprint density at radius 3 is 2.34 bits per heavy atom. The molecule has 0 bridgehead atoms. The Morgan fingerprint density at radius 2 is 1.71 bits per heavy atom. The van der Waals surface area contributed by atoms with Gasteiger partial charge in [-0.2, -0.15) is 0 Å². The Hall–Kier alpha value is -3.17. The number of esters is 1. The van der Waals surface area contributed by atoms with Crippen LogP contribution in [-0.2, 0) is 19.1 Å². The van der Waals surface area contributed by atoms with Crippen LogP contribution in [0.3, 0.4) is 0 Å². The summed E-state index contributed by atoms with van der Waals surface area (Å²) >= 11 is 6.81. The van der Waals surface area contributed by atoms with Crippen LogP contribution in [0.2, 0.25) is 0 Å². The van der Waals surface area contributed by atoms with Crippen LogP contribution >= 0.6 is 31.9 Å². The van der Waals surface area contributed by atoms with E-state index < -0.39 is 29.9 Å². The summed E-state index contributed by atoms with van der Waals surface area (Å²) in [6, 6.07) is 19.7. The minimum Gasteiger partial charge on any atom is -0.497 e. The standard InChI is InChI=1S/C29H28Br2N2O5/c1-17-4-9-21(10-5-17)33-26(34)15-13-23(27(33)19-6-11-22(37-3)12-7-19)29(36)38-18(2)28(35)32-25-14-8-20(30)16-24(25)31/h4-12,14,16,18,23,27H,13,15H2,1-3H3,(H,32,35). The second-order valence-corrected chi connectivity index (χ2v) is 10.9. The van der Waals surface area contributed by atoms with Gasteiger partial charge < -0.3 is 19.7 Å². The first-order valence-corrected chi connectivity index (χ1v) is 13.8. The Bertz CT molecular complexity index is 1330. The molecule has 4 rings (SSSR count). The lowest BCUT2D eigenvalue weighted by Gasteiger charge is -2.40. The zero-order chi connectivity index (χ0) is 27.4. The highest BCUT2D eigenvalue weighted by atomic mass is 79.9. The van der Waals surface area contributed by atoms with Gasteiger partial charge in [-0.25, -0.2) is 0 Å². The SMILES string of the molecule is COc1ccc(C2C(C(=O)OC(C)C(=O)Nc3ccc(Br)cc3Br)CCC(=O)N2c2ccc(C)cc2)cc1. The number of carbonyl (C=O) groups is 3. The van der Waals surface area contributed by atoms with Crippen LogP contribution in [0.1, 0.15) is 36.9 Å². The summed E-state index contributed by atoms with van der Waals surface area (Å²) in [6.07, 6.45) is -0.546. The number of methoxy groups -OCH3 is 1. The molecule has 1 aliphatic heterocycles. The Labute approximate surface area is 238 Å². The summed E-state index contributed by atoms with van der Waals surface area (Å²) in [4.78, 5) is 41.3. The fourth-order valence-corrected chi connectivity index (χ4v) is 5.62. The third-order valence-corrected chi connectivity index (χ3v) is 7.67. The number of carbonyl (C=O) groups excluding carboxylic acids is 3. The van der Waals surface area contributed by atoms with Crippen LogP contribution in [0.5, 0.6) is 5.75 Å². The molecule has 0 aromatic heterocycles. The van der Waals surface area contributed by atoms with Gasteiger partial charge in [-0.3, -0.25) is 14.4 Å². The van der Waals surface area contributed by atoms with E-state index >= 15 is 0 Å². The molecular formula is C29H28Br2N2O5. The molecule has 1 fully saturated rings. The van der Waals surface area contributed by atoms with Crippen molar-refractivity contribution in [2.24, 2.45) is 5.92 Å². The Balaban J connectivity index is 1.60. The van der Waals surface area contributed by atoms with E-state index in [0.717, 1.165) is 15.6 Å². The molecule has 7 nitrogen and oxygen atoms in total. The predicted molar refractivity (Wildman–Crippen MR) is 153 cm³/mol. The first-order valence-electron chi connectivity index (χ1n) is 12.2. The van der Waals surface area contributed by atoms with Crippen molar-refractivity contribution in [3.63, 3.8) is 0 Å². The molecule has 3 aromatic rings. The number of benzene rings is 3. The van der Waals surface area contributed by atoms with Crippen molar-refractivity contribution in [2.45, 2.75) is 38.8 Å². The molecule has 1 saturated heterocycles. The molecule has 0 spiro atoms. The molecule has 38 heavy (non-hydrogen) atoms. The van der Waals surface area contributed by atoms with Gasteiger partial charge in [0, 0.05) is 21.1 Å². The number of piperidine rings is 1. The van der Waals surface area contributed by atoms with E-state index in [1.165, 1.54) is 6.92 Å². The third kappa shape index (κ3) is 6.27. The largest absolute Gasteiger partial charge is 0.497 e. The van der Waals surface area contributed by atoms with Crippen LogP contribution in [0.25, 0.3) is 0 Å². The number of nitrogens with one attached hydrogen (secondary N) is 1.